The molecule has 0 saturated carbocycles. The summed E-state index contributed by atoms with van der Waals surface area (Å²) in [6, 6.07) is 4.08. The van der Waals surface area contributed by atoms with Gasteiger partial charge >= 0.3 is 5.97 Å². The van der Waals surface area contributed by atoms with E-state index in [0.29, 0.717) is 26.3 Å². The molecule has 1 aliphatic heterocycles. The van der Waals surface area contributed by atoms with E-state index in [1.807, 2.05) is 6.07 Å². The summed E-state index contributed by atoms with van der Waals surface area (Å²) in [5.74, 6) is 0.559. The van der Waals surface area contributed by atoms with Gasteiger partial charge in [0.1, 0.15) is 5.75 Å². The maximum absolute atomic E-state index is 11.2. The third kappa shape index (κ3) is 4.69. The van der Waals surface area contributed by atoms with Crippen molar-refractivity contribution in [3.05, 3.63) is 27.7 Å². The van der Waals surface area contributed by atoms with Crippen LogP contribution in [0.15, 0.2) is 16.6 Å². The number of hydrogen-bond donors (Lipinski definition) is 2. The maximum Gasteiger partial charge on any atom is 0.308 e. The summed E-state index contributed by atoms with van der Waals surface area (Å²) in [5, 5.41) is 12.9. The first-order valence-electron chi connectivity index (χ1n) is 7.08. The molecule has 0 spiro atoms. The van der Waals surface area contributed by atoms with Crippen molar-refractivity contribution in [1.82, 2.24) is 5.32 Å². The van der Waals surface area contributed by atoms with Crippen molar-refractivity contribution in [2.24, 2.45) is 0 Å². The van der Waals surface area contributed by atoms with Crippen molar-refractivity contribution in [3.8, 4) is 5.75 Å². The Bertz CT molecular complexity index is 507. The van der Waals surface area contributed by atoms with Crippen LogP contribution in [0.25, 0.3) is 0 Å². The van der Waals surface area contributed by atoms with Gasteiger partial charge in [-0.2, -0.15) is 0 Å². The zero-order chi connectivity index (χ0) is 15.2. The molecule has 1 aromatic carbocycles. The van der Waals surface area contributed by atoms with Crippen LogP contribution in [0, 0.1) is 0 Å². The SMILES string of the molecule is CCOC(=O)CC(O)CNCc1cc(Br)cc2c1OCC2. The number of carbonyl (C=O) groups excluding carboxylic acids is 1. The lowest BCUT2D eigenvalue weighted by Crippen LogP contribution is -2.29. The van der Waals surface area contributed by atoms with Gasteiger partial charge in [-0.1, -0.05) is 15.9 Å². The molecule has 5 nitrogen and oxygen atoms in total. The average molecular weight is 358 g/mol. The molecule has 0 bridgehead atoms. The lowest BCUT2D eigenvalue weighted by molar-refractivity contribution is -0.145. The topological polar surface area (TPSA) is 67.8 Å². The molecule has 0 fully saturated rings. The van der Waals surface area contributed by atoms with Crippen LogP contribution in [-0.2, 0) is 22.5 Å². The number of esters is 1. The Morgan fingerprint density at radius 1 is 1.57 bits per heavy atom. The lowest BCUT2D eigenvalue weighted by atomic mass is 10.1. The van der Waals surface area contributed by atoms with E-state index < -0.39 is 6.10 Å². The third-order valence-electron chi connectivity index (χ3n) is 3.23. The van der Waals surface area contributed by atoms with Crippen molar-refractivity contribution in [3.63, 3.8) is 0 Å². The Morgan fingerprint density at radius 2 is 2.38 bits per heavy atom. The van der Waals surface area contributed by atoms with E-state index in [2.05, 4.69) is 27.3 Å². The number of hydrogen-bond acceptors (Lipinski definition) is 5. The van der Waals surface area contributed by atoms with Crippen LogP contribution in [0.4, 0.5) is 0 Å². The van der Waals surface area contributed by atoms with Gasteiger partial charge in [-0.05, 0) is 24.6 Å². The molecule has 0 aliphatic carbocycles. The minimum Gasteiger partial charge on any atom is -0.493 e. The summed E-state index contributed by atoms with van der Waals surface area (Å²) < 4.78 is 11.5. The Morgan fingerprint density at radius 3 is 3.14 bits per heavy atom. The van der Waals surface area contributed by atoms with E-state index in [4.69, 9.17) is 9.47 Å². The fourth-order valence-corrected chi connectivity index (χ4v) is 2.89. The molecule has 0 aromatic heterocycles. The van der Waals surface area contributed by atoms with E-state index >= 15 is 0 Å². The average Bonchev–Trinajstić information content (AvgIpc) is 2.86. The van der Waals surface area contributed by atoms with Gasteiger partial charge in [-0.3, -0.25) is 4.79 Å². The highest BCUT2D eigenvalue weighted by Gasteiger charge is 2.17. The fraction of sp³-hybridized carbons (Fsp3) is 0.533. The Balaban J connectivity index is 1.83. The highest BCUT2D eigenvalue weighted by atomic mass is 79.9. The highest BCUT2D eigenvalue weighted by molar-refractivity contribution is 9.10. The second-order valence-corrected chi connectivity index (χ2v) is 5.86. The number of carbonyl (C=O) groups is 1. The Kier molecular flexibility index (Phi) is 6.02. The van der Waals surface area contributed by atoms with Crippen LogP contribution in [0.5, 0.6) is 5.75 Å². The first kappa shape index (κ1) is 16.3. The molecule has 1 heterocycles. The maximum atomic E-state index is 11.2. The smallest absolute Gasteiger partial charge is 0.308 e. The van der Waals surface area contributed by atoms with Crippen LogP contribution >= 0.6 is 15.9 Å². The van der Waals surface area contributed by atoms with Gasteiger partial charge < -0.3 is 19.9 Å². The second kappa shape index (κ2) is 7.77. The normalized spacial score (nSPS) is 14.4. The van der Waals surface area contributed by atoms with E-state index in [9.17, 15) is 9.90 Å². The van der Waals surface area contributed by atoms with Crippen LogP contribution in [-0.4, -0.2) is 36.9 Å². The lowest BCUT2D eigenvalue weighted by Gasteiger charge is -2.13. The molecule has 0 saturated heterocycles. The van der Waals surface area contributed by atoms with E-state index in [0.717, 1.165) is 22.2 Å². The molecule has 1 aromatic rings. The highest BCUT2D eigenvalue weighted by Crippen LogP contribution is 2.32. The zero-order valence-electron chi connectivity index (χ0n) is 12.0. The third-order valence-corrected chi connectivity index (χ3v) is 3.69. The summed E-state index contributed by atoms with van der Waals surface area (Å²) in [5.41, 5.74) is 2.26. The summed E-state index contributed by atoms with van der Waals surface area (Å²) >= 11 is 3.49. The van der Waals surface area contributed by atoms with Gasteiger partial charge in [0.25, 0.3) is 0 Å². The van der Waals surface area contributed by atoms with Gasteiger partial charge in [0.15, 0.2) is 0 Å². The molecule has 0 radical (unpaired) electrons. The van der Waals surface area contributed by atoms with E-state index in [1.165, 1.54) is 5.56 Å². The Hall–Kier alpha value is -1.11. The van der Waals surface area contributed by atoms with Crippen LogP contribution in [0.2, 0.25) is 0 Å². The van der Waals surface area contributed by atoms with Crippen LogP contribution in [0.3, 0.4) is 0 Å². The monoisotopic (exact) mass is 357 g/mol. The number of halogens is 1. The molecule has 1 unspecified atom stereocenters. The number of fused-ring (bicyclic) bond motifs is 1. The molecule has 2 N–H and O–H groups in total. The number of aliphatic hydroxyl groups is 1. The molecule has 6 heteroatoms. The van der Waals surface area contributed by atoms with E-state index in [-0.39, 0.29) is 12.4 Å². The van der Waals surface area contributed by atoms with Gasteiger partial charge in [0.2, 0.25) is 0 Å². The van der Waals surface area contributed by atoms with Crippen LogP contribution in [0.1, 0.15) is 24.5 Å². The first-order valence-corrected chi connectivity index (χ1v) is 7.88. The van der Waals surface area contributed by atoms with Crippen molar-refractivity contribution in [2.75, 3.05) is 19.8 Å². The number of rotatable bonds is 7. The summed E-state index contributed by atoms with van der Waals surface area (Å²) in [6.45, 7) is 3.71. The Labute approximate surface area is 132 Å². The van der Waals surface area contributed by atoms with Gasteiger partial charge in [0.05, 0.1) is 25.7 Å². The quantitative estimate of drug-likeness (QED) is 0.728. The largest absolute Gasteiger partial charge is 0.493 e. The van der Waals surface area contributed by atoms with E-state index in [1.54, 1.807) is 6.92 Å². The zero-order valence-corrected chi connectivity index (χ0v) is 13.6. The molecule has 21 heavy (non-hydrogen) atoms. The molecule has 116 valence electrons. The number of benzene rings is 1. The molecule has 1 aliphatic rings. The minimum atomic E-state index is -0.745. The predicted octanol–water partition coefficient (Wildman–Crippen LogP) is 1.79. The standard InChI is InChI=1S/C15H20BrNO4/c1-2-20-14(19)7-13(18)9-17-8-11-6-12(16)5-10-3-4-21-15(10)11/h5-6,13,17-18H,2-4,7-9H2,1H3. The summed E-state index contributed by atoms with van der Waals surface area (Å²) in [4.78, 5) is 11.2. The van der Waals surface area contributed by atoms with Gasteiger partial charge in [-0.25, -0.2) is 0 Å². The van der Waals surface area contributed by atoms with Crippen molar-refractivity contribution >= 4 is 21.9 Å². The number of ether oxygens (including phenoxy) is 2. The van der Waals surface area contributed by atoms with Gasteiger partial charge in [0, 0.05) is 29.5 Å². The molecule has 0 amide bonds. The van der Waals surface area contributed by atoms with Crippen molar-refractivity contribution < 1.29 is 19.4 Å². The summed E-state index contributed by atoms with van der Waals surface area (Å²) in [6.07, 6.45) is 0.187. The predicted molar refractivity (Wildman–Crippen MR) is 82.3 cm³/mol. The first-order chi connectivity index (χ1) is 10.1. The van der Waals surface area contributed by atoms with Gasteiger partial charge in [-0.15, -0.1) is 0 Å². The number of nitrogens with one attached hydrogen (secondary N) is 1. The second-order valence-electron chi connectivity index (χ2n) is 4.95. The summed E-state index contributed by atoms with van der Waals surface area (Å²) in [7, 11) is 0. The van der Waals surface area contributed by atoms with Crippen molar-refractivity contribution in [1.29, 1.82) is 0 Å². The minimum absolute atomic E-state index is 0.00787. The molecule has 1 atom stereocenters. The molecular weight excluding hydrogens is 338 g/mol. The van der Waals surface area contributed by atoms with Crippen molar-refractivity contribution in [2.45, 2.75) is 32.4 Å². The fourth-order valence-electron chi connectivity index (χ4n) is 2.34. The molecular formula is C15H20BrNO4. The molecule has 2 rings (SSSR count). The number of aliphatic hydroxyl groups excluding tert-OH is 1. The van der Waals surface area contributed by atoms with Crippen LogP contribution < -0.4 is 10.1 Å².